The fourth-order valence-corrected chi connectivity index (χ4v) is 4.22. The van der Waals surface area contributed by atoms with Crippen LogP contribution in [0.5, 0.6) is 11.5 Å². The van der Waals surface area contributed by atoms with Gasteiger partial charge in [0.25, 0.3) is 11.7 Å². The molecule has 174 valence electrons. The summed E-state index contributed by atoms with van der Waals surface area (Å²) in [6, 6.07) is 13.4. The second-order valence-electron chi connectivity index (χ2n) is 7.36. The van der Waals surface area contributed by atoms with Crippen molar-refractivity contribution in [1.82, 2.24) is 0 Å². The van der Waals surface area contributed by atoms with E-state index in [1.54, 1.807) is 24.3 Å². The number of ether oxygens (including phenoxy) is 2. The van der Waals surface area contributed by atoms with Crippen LogP contribution < -0.4 is 14.4 Å². The van der Waals surface area contributed by atoms with Gasteiger partial charge in [-0.05, 0) is 54.1 Å². The van der Waals surface area contributed by atoms with Crippen molar-refractivity contribution in [3.05, 3.63) is 93.2 Å². The summed E-state index contributed by atoms with van der Waals surface area (Å²) >= 11 is 12.3. The molecule has 4 rings (SSSR count). The van der Waals surface area contributed by atoms with Gasteiger partial charge in [0, 0.05) is 5.69 Å². The minimum atomic E-state index is -1.09. The Hall–Kier alpha value is -3.55. The molecule has 0 radical (unpaired) electrons. The molecule has 3 aromatic carbocycles. The second kappa shape index (κ2) is 9.37. The molecule has 1 aliphatic rings. The number of Topliss-reactive ketones (excluding diaryl/α,β-unsaturated/α-hetero) is 1. The van der Waals surface area contributed by atoms with E-state index in [9.17, 15) is 19.1 Å². The van der Waals surface area contributed by atoms with E-state index in [-0.39, 0.29) is 38.4 Å². The van der Waals surface area contributed by atoms with Gasteiger partial charge >= 0.3 is 0 Å². The Balaban J connectivity index is 2.02. The zero-order chi connectivity index (χ0) is 24.6. The first kappa shape index (κ1) is 23.6. The van der Waals surface area contributed by atoms with Crippen molar-refractivity contribution in [3.63, 3.8) is 0 Å². The van der Waals surface area contributed by atoms with Crippen LogP contribution in [0.3, 0.4) is 0 Å². The highest BCUT2D eigenvalue weighted by Gasteiger charge is 2.47. The van der Waals surface area contributed by atoms with Crippen LogP contribution in [-0.4, -0.2) is 31.0 Å². The molecule has 0 bridgehead atoms. The number of aliphatic hydroxyl groups excluding tert-OH is 1. The number of anilines is 1. The molecule has 3 aromatic rings. The van der Waals surface area contributed by atoms with Crippen LogP contribution in [0.1, 0.15) is 17.2 Å². The zero-order valence-electron chi connectivity index (χ0n) is 18.0. The van der Waals surface area contributed by atoms with E-state index in [1.165, 1.54) is 55.5 Å². The average molecular weight is 502 g/mol. The lowest BCUT2D eigenvalue weighted by molar-refractivity contribution is -0.132. The number of aliphatic hydroxyl groups is 1. The topological polar surface area (TPSA) is 76.1 Å². The number of methoxy groups -OCH3 is 2. The first-order valence-electron chi connectivity index (χ1n) is 10.0. The number of amides is 1. The lowest BCUT2D eigenvalue weighted by Gasteiger charge is -2.26. The maximum Gasteiger partial charge on any atom is 0.300 e. The van der Waals surface area contributed by atoms with Crippen molar-refractivity contribution in [3.8, 4) is 11.5 Å². The molecule has 0 spiro atoms. The molecule has 1 atom stereocenters. The number of benzene rings is 3. The molecule has 1 amide bonds. The number of ketones is 1. The van der Waals surface area contributed by atoms with Crippen LogP contribution in [0.2, 0.25) is 10.0 Å². The van der Waals surface area contributed by atoms with Crippen LogP contribution in [-0.2, 0) is 9.59 Å². The van der Waals surface area contributed by atoms with Gasteiger partial charge in [0.05, 0.1) is 35.9 Å². The summed E-state index contributed by atoms with van der Waals surface area (Å²) in [6.45, 7) is 0. The number of rotatable bonds is 5. The van der Waals surface area contributed by atoms with Gasteiger partial charge in [0.2, 0.25) is 0 Å². The molecule has 1 fully saturated rings. The number of carbonyl (C=O) groups excluding carboxylic acids is 2. The summed E-state index contributed by atoms with van der Waals surface area (Å²) < 4.78 is 24.3. The van der Waals surface area contributed by atoms with Gasteiger partial charge in [-0.1, -0.05) is 35.3 Å². The van der Waals surface area contributed by atoms with Crippen molar-refractivity contribution in [1.29, 1.82) is 0 Å². The molecule has 0 saturated carbocycles. The first-order valence-corrected chi connectivity index (χ1v) is 10.8. The molecular formula is C25H18Cl2FNO5. The summed E-state index contributed by atoms with van der Waals surface area (Å²) in [6.07, 6.45) is 0. The highest BCUT2D eigenvalue weighted by Crippen LogP contribution is 2.45. The summed E-state index contributed by atoms with van der Waals surface area (Å²) in [4.78, 5) is 27.7. The molecule has 6 nitrogen and oxygen atoms in total. The van der Waals surface area contributed by atoms with Gasteiger partial charge in [-0.2, -0.15) is 0 Å². The van der Waals surface area contributed by atoms with Gasteiger partial charge in [0.15, 0.2) is 0 Å². The maximum atomic E-state index is 13.6. The van der Waals surface area contributed by atoms with Gasteiger partial charge < -0.3 is 14.6 Å². The summed E-state index contributed by atoms with van der Waals surface area (Å²) in [7, 11) is 2.80. The Kier molecular flexibility index (Phi) is 6.50. The largest absolute Gasteiger partial charge is 0.506 e. The van der Waals surface area contributed by atoms with Crippen LogP contribution in [0.15, 0.2) is 66.2 Å². The molecule has 1 aliphatic heterocycles. The van der Waals surface area contributed by atoms with E-state index in [1.807, 2.05) is 0 Å². The van der Waals surface area contributed by atoms with E-state index in [0.717, 1.165) is 0 Å². The van der Waals surface area contributed by atoms with Crippen LogP contribution >= 0.6 is 23.2 Å². The van der Waals surface area contributed by atoms with Crippen molar-refractivity contribution in [2.24, 2.45) is 0 Å². The SMILES string of the molecule is COc1cccc(OC)c1/C(O)=C1\C(=O)C(=O)N(c2ccc(F)cc2)C1c1ccc(Cl)c(Cl)c1. The van der Waals surface area contributed by atoms with E-state index >= 15 is 0 Å². The standard InChI is InChI=1S/C25H18Cl2FNO5/c1-33-18-4-3-5-19(34-2)20(18)23(30)21-22(13-6-11-16(26)17(27)12-13)29(25(32)24(21)31)15-9-7-14(28)8-10-15/h3-12,22,30H,1-2H3/b23-21+. The average Bonchev–Trinajstić information content (AvgIpc) is 3.10. The normalized spacial score (nSPS) is 17.2. The Labute approximate surface area is 204 Å². The lowest BCUT2D eigenvalue weighted by Crippen LogP contribution is -2.29. The van der Waals surface area contributed by atoms with Crippen molar-refractivity contribution < 1.29 is 28.6 Å². The third-order valence-electron chi connectivity index (χ3n) is 5.47. The number of halogens is 3. The first-order chi connectivity index (χ1) is 16.3. The third-order valence-corrected chi connectivity index (χ3v) is 6.21. The number of carbonyl (C=O) groups is 2. The van der Waals surface area contributed by atoms with Crippen LogP contribution in [0, 0.1) is 5.82 Å². The molecule has 0 aromatic heterocycles. The van der Waals surface area contributed by atoms with Gasteiger partial charge in [-0.25, -0.2) is 4.39 Å². The molecule has 1 saturated heterocycles. The smallest absolute Gasteiger partial charge is 0.300 e. The van der Waals surface area contributed by atoms with Crippen molar-refractivity contribution >= 4 is 46.3 Å². The van der Waals surface area contributed by atoms with Gasteiger partial charge in [-0.15, -0.1) is 0 Å². The highest BCUT2D eigenvalue weighted by molar-refractivity contribution is 6.52. The molecule has 1 unspecified atom stereocenters. The fraction of sp³-hybridized carbons (Fsp3) is 0.120. The Bertz CT molecular complexity index is 1300. The summed E-state index contributed by atoms with van der Waals surface area (Å²) in [5, 5.41) is 11.9. The Morgan fingerprint density at radius 2 is 1.56 bits per heavy atom. The minimum absolute atomic E-state index is 0.106. The van der Waals surface area contributed by atoms with E-state index in [2.05, 4.69) is 0 Å². The monoisotopic (exact) mass is 501 g/mol. The molecule has 34 heavy (non-hydrogen) atoms. The molecule has 1 heterocycles. The predicted octanol–water partition coefficient (Wildman–Crippen LogP) is 5.78. The van der Waals surface area contributed by atoms with E-state index in [4.69, 9.17) is 32.7 Å². The third kappa shape index (κ3) is 3.97. The summed E-state index contributed by atoms with van der Waals surface area (Å²) in [5.41, 5.74) is 0.559. The van der Waals surface area contributed by atoms with Crippen molar-refractivity contribution in [2.75, 3.05) is 19.1 Å². The molecular weight excluding hydrogens is 484 g/mol. The zero-order valence-corrected chi connectivity index (χ0v) is 19.5. The Morgan fingerprint density at radius 1 is 0.941 bits per heavy atom. The Morgan fingerprint density at radius 3 is 2.12 bits per heavy atom. The number of nitrogens with zero attached hydrogens (tertiary/aromatic N) is 1. The predicted molar refractivity (Wildman–Crippen MR) is 127 cm³/mol. The van der Waals surface area contributed by atoms with Crippen LogP contribution in [0.4, 0.5) is 10.1 Å². The van der Waals surface area contributed by atoms with E-state index < -0.39 is 29.3 Å². The molecule has 0 aliphatic carbocycles. The number of hydrogen-bond acceptors (Lipinski definition) is 5. The highest BCUT2D eigenvalue weighted by atomic mass is 35.5. The maximum absolute atomic E-state index is 13.6. The van der Waals surface area contributed by atoms with Crippen molar-refractivity contribution in [2.45, 2.75) is 6.04 Å². The van der Waals surface area contributed by atoms with E-state index in [0.29, 0.717) is 5.56 Å². The summed E-state index contributed by atoms with van der Waals surface area (Å²) in [5.74, 6) is -2.38. The van der Waals surface area contributed by atoms with Gasteiger partial charge in [-0.3, -0.25) is 14.5 Å². The quantitative estimate of drug-likeness (QED) is 0.272. The molecule has 9 heteroatoms. The number of hydrogen-bond donors (Lipinski definition) is 1. The van der Waals surface area contributed by atoms with Crippen LogP contribution in [0.25, 0.3) is 5.76 Å². The van der Waals surface area contributed by atoms with Gasteiger partial charge in [0.1, 0.15) is 28.6 Å². The minimum Gasteiger partial charge on any atom is -0.506 e. The molecule has 1 N–H and O–H groups in total. The fourth-order valence-electron chi connectivity index (χ4n) is 3.92. The second-order valence-corrected chi connectivity index (χ2v) is 8.17. The lowest BCUT2D eigenvalue weighted by atomic mass is 9.94.